The van der Waals surface area contributed by atoms with Crippen LogP contribution in [0, 0.1) is 13.8 Å². The van der Waals surface area contributed by atoms with Gasteiger partial charge in [0.15, 0.2) is 0 Å². The Labute approximate surface area is 127 Å². The number of hydrazine groups is 1. The van der Waals surface area contributed by atoms with Gasteiger partial charge in [0.25, 0.3) is 0 Å². The Morgan fingerprint density at radius 1 is 1.15 bits per heavy atom. The lowest BCUT2D eigenvalue weighted by Gasteiger charge is -2.14. The van der Waals surface area contributed by atoms with Gasteiger partial charge in [-0.25, -0.2) is 15.8 Å². The van der Waals surface area contributed by atoms with E-state index in [1.165, 1.54) is 17.5 Å². The number of aromatic nitrogens is 2. The molecule has 0 saturated heterocycles. The van der Waals surface area contributed by atoms with Crippen LogP contribution in [0.3, 0.4) is 0 Å². The first-order chi connectivity index (χ1) is 9.56. The number of rotatable bonds is 4. The van der Waals surface area contributed by atoms with Crippen LogP contribution in [-0.2, 0) is 6.42 Å². The highest BCUT2D eigenvalue weighted by Crippen LogP contribution is 2.28. The van der Waals surface area contributed by atoms with Gasteiger partial charge >= 0.3 is 0 Å². The fraction of sp³-hybridized carbons (Fsp3) is 0.286. The minimum absolute atomic E-state index is 0.649. The zero-order valence-electron chi connectivity index (χ0n) is 11.8. The number of anilines is 3. The number of benzene rings is 1. The minimum Gasteiger partial charge on any atom is -0.340 e. The van der Waals surface area contributed by atoms with E-state index in [1.54, 1.807) is 0 Å². The van der Waals surface area contributed by atoms with Crippen molar-refractivity contribution in [3.63, 3.8) is 0 Å². The van der Waals surface area contributed by atoms with E-state index in [0.29, 0.717) is 5.82 Å². The van der Waals surface area contributed by atoms with Crippen LogP contribution >= 0.6 is 15.9 Å². The predicted molar refractivity (Wildman–Crippen MR) is 86.1 cm³/mol. The predicted octanol–water partition coefficient (Wildman–Crippen LogP) is 3.45. The van der Waals surface area contributed by atoms with E-state index in [9.17, 15) is 0 Å². The van der Waals surface area contributed by atoms with Crippen molar-refractivity contribution in [2.45, 2.75) is 27.2 Å². The highest BCUT2D eigenvalue weighted by Gasteiger charge is 2.10. The van der Waals surface area contributed by atoms with E-state index < -0.39 is 0 Å². The second-order valence-electron chi connectivity index (χ2n) is 4.60. The van der Waals surface area contributed by atoms with E-state index in [2.05, 4.69) is 62.6 Å². The zero-order valence-corrected chi connectivity index (χ0v) is 13.4. The summed E-state index contributed by atoms with van der Waals surface area (Å²) in [5.41, 5.74) is 6.93. The molecule has 0 aliphatic rings. The number of nitrogens with two attached hydrogens (primary N) is 1. The molecule has 0 aliphatic heterocycles. The summed E-state index contributed by atoms with van der Waals surface area (Å²) in [6, 6.07) is 4.16. The average molecular weight is 336 g/mol. The monoisotopic (exact) mass is 335 g/mol. The molecule has 0 bridgehead atoms. The van der Waals surface area contributed by atoms with E-state index in [0.717, 1.165) is 28.0 Å². The number of aryl methyl sites for hydroxylation is 2. The van der Waals surface area contributed by atoms with Gasteiger partial charge in [0.05, 0.1) is 0 Å². The van der Waals surface area contributed by atoms with Crippen molar-refractivity contribution in [2.24, 2.45) is 5.84 Å². The topological polar surface area (TPSA) is 75.9 Å². The van der Waals surface area contributed by atoms with Gasteiger partial charge in [0, 0.05) is 15.7 Å². The summed E-state index contributed by atoms with van der Waals surface area (Å²) < 4.78 is 1.13. The molecule has 0 saturated carbocycles. The maximum absolute atomic E-state index is 5.48. The Morgan fingerprint density at radius 2 is 1.75 bits per heavy atom. The standard InChI is InChI=1S/C14H18BrN5/c1-4-11-13(17-7-18-14(11)20-16)19-10-5-8(2)12(15)9(3)6-10/h5-7H,4,16H2,1-3H3,(H2,17,18,19,20). The Hall–Kier alpha value is -1.66. The number of hydrogen-bond acceptors (Lipinski definition) is 5. The van der Waals surface area contributed by atoms with Crippen molar-refractivity contribution >= 4 is 33.3 Å². The van der Waals surface area contributed by atoms with Crippen LogP contribution in [0.15, 0.2) is 22.9 Å². The quantitative estimate of drug-likeness (QED) is 0.589. The van der Waals surface area contributed by atoms with Crippen LogP contribution in [0.25, 0.3) is 0 Å². The van der Waals surface area contributed by atoms with Crippen LogP contribution in [0.5, 0.6) is 0 Å². The largest absolute Gasteiger partial charge is 0.340 e. The third kappa shape index (κ3) is 2.91. The van der Waals surface area contributed by atoms with Crippen LogP contribution in [0.4, 0.5) is 17.3 Å². The molecule has 1 aromatic heterocycles. The first-order valence-electron chi connectivity index (χ1n) is 6.41. The molecule has 0 spiro atoms. The first kappa shape index (κ1) is 14.7. The number of halogens is 1. The third-order valence-electron chi connectivity index (χ3n) is 3.13. The molecule has 0 unspecified atom stereocenters. The Morgan fingerprint density at radius 3 is 2.30 bits per heavy atom. The molecular formula is C14H18BrN5. The van der Waals surface area contributed by atoms with Gasteiger partial charge in [-0.2, -0.15) is 0 Å². The number of hydrogen-bond donors (Lipinski definition) is 3. The molecule has 0 amide bonds. The second-order valence-corrected chi connectivity index (χ2v) is 5.39. The summed E-state index contributed by atoms with van der Waals surface area (Å²) in [7, 11) is 0. The van der Waals surface area contributed by atoms with Crippen molar-refractivity contribution < 1.29 is 0 Å². The molecule has 2 aromatic rings. The SMILES string of the molecule is CCc1c(NN)ncnc1Nc1cc(C)c(Br)c(C)c1. The molecule has 0 atom stereocenters. The lowest BCUT2D eigenvalue weighted by atomic mass is 10.1. The summed E-state index contributed by atoms with van der Waals surface area (Å²) in [4.78, 5) is 8.43. The first-order valence-corrected chi connectivity index (χ1v) is 7.20. The maximum atomic E-state index is 5.48. The Kier molecular flexibility index (Phi) is 4.57. The van der Waals surface area contributed by atoms with Crippen LogP contribution in [-0.4, -0.2) is 9.97 Å². The van der Waals surface area contributed by atoms with Crippen molar-refractivity contribution in [1.82, 2.24) is 9.97 Å². The van der Waals surface area contributed by atoms with Gasteiger partial charge in [0.1, 0.15) is 18.0 Å². The summed E-state index contributed by atoms with van der Waals surface area (Å²) in [5, 5.41) is 3.34. The lowest BCUT2D eigenvalue weighted by Crippen LogP contribution is -2.13. The third-order valence-corrected chi connectivity index (χ3v) is 4.39. The molecule has 4 N–H and O–H groups in total. The average Bonchev–Trinajstić information content (AvgIpc) is 2.44. The van der Waals surface area contributed by atoms with Gasteiger partial charge in [-0.05, 0) is 43.5 Å². The molecule has 20 heavy (non-hydrogen) atoms. The van der Waals surface area contributed by atoms with Crippen LogP contribution < -0.4 is 16.6 Å². The van der Waals surface area contributed by atoms with Gasteiger partial charge in [-0.15, -0.1) is 0 Å². The Bertz CT molecular complexity index is 604. The summed E-state index contributed by atoms with van der Waals surface area (Å²) >= 11 is 3.57. The Balaban J connectivity index is 2.40. The minimum atomic E-state index is 0.649. The van der Waals surface area contributed by atoms with Crippen LogP contribution in [0.2, 0.25) is 0 Å². The molecule has 1 heterocycles. The van der Waals surface area contributed by atoms with Crippen molar-refractivity contribution in [2.75, 3.05) is 10.7 Å². The highest BCUT2D eigenvalue weighted by atomic mass is 79.9. The van der Waals surface area contributed by atoms with Crippen molar-refractivity contribution in [1.29, 1.82) is 0 Å². The molecule has 5 nitrogen and oxygen atoms in total. The smallest absolute Gasteiger partial charge is 0.148 e. The maximum Gasteiger partial charge on any atom is 0.148 e. The van der Waals surface area contributed by atoms with Crippen LogP contribution in [0.1, 0.15) is 23.6 Å². The zero-order chi connectivity index (χ0) is 14.7. The van der Waals surface area contributed by atoms with E-state index in [4.69, 9.17) is 5.84 Å². The molecular weight excluding hydrogens is 318 g/mol. The number of nitrogens with zero attached hydrogens (tertiary/aromatic N) is 2. The van der Waals surface area contributed by atoms with Gasteiger partial charge in [-0.1, -0.05) is 22.9 Å². The molecule has 106 valence electrons. The molecule has 0 aliphatic carbocycles. The van der Waals surface area contributed by atoms with Gasteiger partial charge in [-0.3, -0.25) is 0 Å². The summed E-state index contributed by atoms with van der Waals surface area (Å²) in [6.07, 6.45) is 2.28. The molecule has 6 heteroatoms. The summed E-state index contributed by atoms with van der Waals surface area (Å²) in [5.74, 6) is 6.91. The van der Waals surface area contributed by atoms with E-state index in [-0.39, 0.29) is 0 Å². The number of nitrogen functional groups attached to an aromatic ring is 1. The molecule has 0 fully saturated rings. The fourth-order valence-corrected chi connectivity index (χ4v) is 2.36. The fourth-order valence-electron chi connectivity index (χ4n) is 2.13. The van der Waals surface area contributed by atoms with E-state index in [1.807, 2.05) is 6.92 Å². The highest BCUT2D eigenvalue weighted by molar-refractivity contribution is 9.10. The van der Waals surface area contributed by atoms with Crippen molar-refractivity contribution in [3.05, 3.63) is 39.6 Å². The van der Waals surface area contributed by atoms with E-state index >= 15 is 0 Å². The van der Waals surface area contributed by atoms with Gasteiger partial charge in [0.2, 0.25) is 0 Å². The van der Waals surface area contributed by atoms with Crippen molar-refractivity contribution in [3.8, 4) is 0 Å². The normalized spacial score (nSPS) is 10.4. The summed E-state index contributed by atoms with van der Waals surface area (Å²) in [6.45, 7) is 6.18. The second kappa shape index (κ2) is 6.19. The molecule has 0 radical (unpaired) electrons. The molecule has 1 aromatic carbocycles. The van der Waals surface area contributed by atoms with Gasteiger partial charge < -0.3 is 10.7 Å². The lowest BCUT2D eigenvalue weighted by molar-refractivity contribution is 1.04. The number of nitrogens with one attached hydrogen (secondary N) is 2. The molecule has 2 rings (SSSR count).